The maximum Gasteiger partial charge on any atom is 0.253 e. The summed E-state index contributed by atoms with van der Waals surface area (Å²) in [6, 6.07) is 11.6. The number of amides is 1. The van der Waals surface area contributed by atoms with Gasteiger partial charge in [0.05, 0.1) is 11.3 Å². The van der Waals surface area contributed by atoms with Crippen LogP contribution in [0.3, 0.4) is 0 Å². The van der Waals surface area contributed by atoms with E-state index < -0.39 is 0 Å². The number of nitrogens with one attached hydrogen (secondary N) is 1. The van der Waals surface area contributed by atoms with Gasteiger partial charge in [0.1, 0.15) is 0 Å². The van der Waals surface area contributed by atoms with Crippen molar-refractivity contribution >= 4 is 5.91 Å². The second kappa shape index (κ2) is 11.9. The molecule has 0 bridgehead atoms. The third-order valence-electron chi connectivity index (χ3n) is 8.89. The number of hydrogen-bond donors (Lipinski definition) is 1. The van der Waals surface area contributed by atoms with Crippen LogP contribution in [0.25, 0.3) is 22.5 Å². The topological polar surface area (TPSA) is 61.1 Å². The fraction of sp³-hybridized carbons (Fsp3) is 0.588. The molecule has 0 unspecified atom stereocenters. The Morgan fingerprint density at radius 3 is 2.42 bits per heavy atom. The normalized spacial score (nSPS) is 17.5. The van der Waals surface area contributed by atoms with Crippen molar-refractivity contribution < 1.29 is 9.53 Å². The fourth-order valence-corrected chi connectivity index (χ4v) is 6.57. The van der Waals surface area contributed by atoms with Crippen LogP contribution in [-0.2, 0) is 16.7 Å². The predicted molar refractivity (Wildman–Crippen MR) is 163 cm³/mol. The van der Waals surface area contributed by atoms with E-state index in [2.05, 4.69) is 91.5 Å². The molecule has 1 amide bonds. The van der Waals surface area contributed by atoms with Crippen LogP contribution in [0.15, 0.2) is 36.5 Å². The van der Waals surface area contributed by atoms with Crippen LogP contribution in [0.2, 0.25) is 0 Å². The second-order valence-corrected chi connectivity index (χ2v) is 13.3. The Hall–Kier alpha value is -2.86. The Balaban J connectivity index is 1.57. The average Bonchev–Trinajstić information content (AvgIpc) is 3.55. The summed E-state index contributed by atoms with van der Waals surface area (Å²) in [4.78, 5) is 13.6. The van der Waals surface area contributed by atoms with Gasteiger partial charge in [0.15, 0.2) is 0 Å². The first kappa shape index (κ1) is 28.7. The molecule has 2 aromatic heterocycles. The lowest BCUT2D eigenvalue weighted by molar-refractivity contribution is 0.0696. The van der Waals surface area contributed by atoms with Crippen molar-refractivity contribution in [1.82, 2.24) is 19.7 Å². The van der Waals surface area contributed by atoms with E-state index in [0.717, 1.165) is 55.2 Å². The summed E-state index contributed by atoms with van der Waals surface area (Å²) >= 11 is 0. The molecule has 1 aliphatic heterocycles. The monoisotopic (exact) mass is 544 g/mol. The van der Waals surface area contributed by atoms with E-state index in [1.165, 1.54) is 48.8 Å². The Bertz CT molecular complexity index is 1310. The lowest BCUT2D eigenvalue weighted by Gasteiger charge is -2.26. The maximum absolute atomic E-state index is 13.6. The van der Waals surface area contributed by atoms with Gasteiger partial charge in [-0.25, -0.2) is 0 Å². The lowest BCUT2D eigenvalue weighted by Crippen LogP contribution is -2.39. The molecule has 6 nitrogen and oxygen atoms in total. The van der Waals surface area contributed by atoms with Gasteiger partial charge >= 0.3 is 0 Å². The smallest absolute Gasteiger partial charge is 0.253 e. The molecule has 1 N–H and O–H groups in total. The minimum atomic E-state index is -0.0590. The molecule has 6 heteroatoms. The Kier molecular flexibility index (Phi) is 8.55. The number of hydrogen-bond acceptors (Lipinski definition) is 3. The predicted octanol–water partition coefficient (Wildman–Crippen LogP) is 7.69. The van der Waals surface area contributed by atoms with Gasteiger partial charge in [-0.05, 0) is 87.1 Å². The maximum atomic E-state index is 13.6. The first-order chi connectivity index (χ1) is 19.1. The number of aromatic nitrogens is 3. The quantitative estimate of drug-likeness (QED) is 0.332. The summed E-state index contributed by atoms with van der Waals surface area (Å²) in [5, 5.41) is 7.93. The molecule has 216 valence electrons. The summed E-state index contributed by atoms with van der Waals surface area (Å²) < 4.78 is 10.1. The van der Waals surface area contributed by atoms with E-state index in [1.807, 2.05) is 6.20 Å². The van der Waals surface area contributed by atoms with Gasteiger partial charge in [0.25, 0.3) is 5.91 Å². The number of nitrogens with zero attached hydrogens (tertiary/aromatic N) is 3. The molecular weight excluding hydrogens is 496 g/mol. The van der Waals surface area contributed by atoms with Crippen molar-refractivity contribution in [3.8, 4) is 22.5 Å². The molecule has 0 spiro atoms. The van der Waals surface area contributed by atoms with Gasteiger partial charge in [0, 0.05) is 55.0 Å². The van der Waals surface area contributed by atoms with Crippen molar-refractivity contribution in [3.63, 3.8) is 0 Å². The number of carbonyl (C=O) groups excluding carboxylic acids is 1. The number of benzene rings is 1. The highest BCUT2D eigenvalue weighted by atomic mass is 16.5. The Labute approximate surface area is 240 Å². The molecule has 2 aliphatic rings. The van der Waals surface area contributed by atoms with Crippen LogP contribution < -0.4 is 5.32 Å². The molecule has 3 aromatic rings. The third-order valence-corrected chi connectivity index (χ3v) is 8.89. The molecule has 1 saturated heterocycles. The van der Waals surface area contributed by atoms with Gasteiger partial charge in [-0.15, -0.1) is 0 Å². The van der Waals surface area contributed by atoms with Crippen LogP contribution in [0.1, 0.15) is 107 Å². The van der Waals surface area contributed by atoms with Crippen molar-refractivity contribution in [2.24, 2.45) is 5.92 Å². The van der Waals surface area contributed by atoms with E-state index in [0.29, 0.717) is 5.92 Å². The summed E-state index contributed by atoms with van der Waals surface area (Å²) in [5.41, 5.74) is 7.81. The first-order valence-corrected chi connectivity index (χ1v) is 15.4. The summed E-state index contributed by atoms with van der Waals surface area (Å²) in [7, 11) is 0. The zero-order chi connectivity index (χ0) is 28.4. The number of ether oxygens (including phenoxy) is 1. The van der Waals surface area contributed by atoms with Gasteiger partial charge in [-0.1, -0.05) is 52.2 Å². The van der Waals surface area contributed by atoms with Gasteiger partial charge in [0.2, 0.25) is 0 Å². The zero-order valence-corrected chi connectivity index (χ0v) is 25.4. The summed E-state index contributed by atoms with van der Waals surface area (Å²) in [6.45, 7) is 15.7. The highest BCUT2D eigenvalue weighted by Gasteiger charge is 2.27. The van der Waals surface area contributed by atoms with Crippen LogP contribution in [0.4, 0.5) is 0 Å². The summed E-state index contributed by atoms with van der Waals surface area (Å²) in [6.07, 6.45) is 10.2. The van der Waals surface area contributed by atoms with Gasteiger partial charge in [-0.3, -0.25) is 9.48 Å². The molecule has 0 atom stereocenters. The third kappa shape index (κ3) is 6.07. The molecule has 5 rings (SSSR count). The number of carbonyl (C=O) groups is 1. The molecule has 1 saturated carbocycles. The SMILES string of the molecule is Cc1c(C(=O)NC2CCOCC2)cc(-c2ccc(-c3ccnn3C(C)C)c(C(C)(C)C)c2)n1CC1CCCCC1. The van der Waals surface area contributed by atoms with Crippen molar-refractivity contribution in [1.29, 1.82) is 0 Å². The molecule has 40 heavy (non-hydrogen) atoms. The number of rotatable bonds is 7. The second-order valence-electron chi connectivity index (χ2n) is 13.3. The molecule has 3 heterocycles. The minimum Gasteiger partial charge on any atom is -0.381 e. The van der Waals surface area contributed by atoms with E-state index in [1.54, 1.807) is 0 Å². The zero-order valence-electron chi connectivity index (χ0n) is 25.4. The molecule has 1 aliphatic carbocycles. The van der Waals surface area contributed by atoms with Crippen LogP contribution in [0, 0.1) is 12.8 Å². The van der Waals surface area contributed by atoms with E-state index >= 15 is 0 Å². The molecule has 1 aromatic carbocycles. The van der Waals surface area contributed by atoms with E-state index in [-0.39, 0.29) is 23.4 Å². The van der Waals surface area contributed by atoms with Crippen LogP contribution in [-0.4, -0.2) is 39.5 Å². The highest BCUT2D eigenvalue weighted by molar-refractivity contribution is 5.97. The average molecular weight is 545 g/mol. The molecule has 0 radical (unpaired) electrons. The Morgan fingerprint density at radius 1 is 1.02 bits per heavy atom. The van der Waals surface area contributed by atoms with E-state index in [4.69, 9.17) is 4.74 Å². The van der Waals surface area contributed by atoms with Crippen molar-refractivity contribution in [2.45, 2.75) is 111 Å². The largest absolute Gasteiger partial charge is 0.381 e. The van der Waals surface area contributed by atoms with Gasteiger partial charge < -0.3 is 14.6 Å². The van der Waals surface area contributed by atoms with Crippen molar-refractivity contribution in [2.75, 3.05) is 13.2 Å². The Morgan fingerprint density at radius 2 is 1.75 bits per heavy atom. The first-order valence-electron chi connectivity index (χ1n) is 15.4. The fourth-order valence-electron chi connectivity index (χ4n) is 6.57. The van der Waals surface area contributed by atoms with Crippen LogP contribution in [0.5, 0.6) is 0 Å². The standard InChI is InChI=1S/C34H48N4O2/c1-23(2)38-31(14-17-35-38)28-13-12-26(20-30(28)34(4,5)6)32-21-29(33(39)36-27-15-18-40-19-16-27)24(3)37(32)22-25-10-8-7-9-11-25/h12-14,17,20-21,23,25,27H,7-11,15-16,18-19,22H2,1-6H3,(H,36,39). The van der Waals surface area contributed by atoms with Crippen molar-refractivity contribution in [3.05, 3.63) is 53.3 Å². The summed E-state index contributed by atoms with van der Waals surface area (Å²) in [5.74, 6) is 0.702. The highest BCUT2D eigenvalue weighted by Crippen LogP contribution is 2.38. The van der Waals surface area contributed by atoms with E-state index in [9.17, 15) is 4.79 Å². The van der Waals surface area contributed by atoms with Crippen LogP contribution >= 0.6 is 0 Å². The molecule has 2 fully saturated rings. The minimum absolute atomic E-state index is 0.0431. The lowest BCUT2D eigenvalue weighted by atomic mass is 9.81. The van der Waals surface area contributed by atoms with Gasteiger partial charge in [-0.2, -0.15) is 5.10 Å². The molecular formula is C34H48N4O2.